The highest BCUT2D eigenvalue weighted by molar-refractivity contribution is 5.86. The molecule has 1 aliphatic heterocycles. The quantitative estimate of drug-likeness (QED) is 0.618. The number of carbonyl (C=O) groups is 1. The standard InChI is InChI=1S/C16H18O3/c1-11-3-5-12(6-4-11)15-9-2-10-16(15,19-15)14(17)18-13-7-8-13/h3-6,13H,2,7-10H2,1H3. The third kappa shape index (κ3) is 1.51. The lowest BCUT2D eigenvalue weighted by atomic mass is 9.88. The van der Waals surface area contributed by atoms with Gasteiger partial charge in [-0.25, -0.2) is 4.79 Å². The Morgan fingerprint density at radius 2 is 2.00 bits per heavy atom. The van der Waals surface area contributed by atoms with Gasteiger partial charge in [0.05, 0.1) is 0 Å². The van der Waals surface area contributed by atoms with Crippen molar-refractivity contribution in [2.75, 3.05) is 0 Å². The minimum absolute atomic E-state index is 0.131. The summed E-state index contributed by atoms with van der Waals surface area (Å²) in [5, 5.41) is 0. The monoisotopic (exact) mass is 258 g/mol. The minimum Gasteiger partial charge on any atom is -0.460 e. The van der Waals surface area contributed by atoms with Crippen molar-refractivity contribution in [1.29, 1.82) is 0 Å². The van der Waals surface area contributed by atoms with Gasteiger partial charge in [-0.05, 0) is 44.6 Å². The normalized spacial score (nSPS) is 35.8. The molecule has 0 N–H and O–H groups in total. The number of fused-ring (bicyclic) bond motifs is 1. The Bertz CT molecular complexity index is 531. The van der Waals surface area contributed by atoms with Crippen LogP contribution in [0.5, 0.6) is 0 Å². The highest BCUT2D eigenvalue weighted by Crippen LogP contribution is 2.66. The van der Waals surface area contributed by atoms with Gasteiger partial charge in [0.2, 0.25) is 0 Å². The summed E-state index contributed by atoms with van der Waals surface area (Å²) in [7, 11) is 0. The Balaban J connectivity index is 1.64. The van der Waals surface area contributed by atoms with E-state index in [1.165, 1.54) is 5.56 Å². The lowest BCUT2D eigenvalue weighted by Gasteiger charge is -2.12. The molecule has 2 aliphatic carbocycles. The van der Waals surface area contributed by atoms with E-state index in [-0.39, 0.29) is 12.1 Å². The Labute approximate surface area is 112 Å². The maximum absolute atomic E-state index is 12.4. The van der Waals surface area contributed by atoms with Crippen LogP contribution in [0, 0.1) is 6.92 Å². The molecule has 1 aromatic carbocycles. The number of esters is 1. The van der Waals surface area contributed by atoms with E-state index in [1.54, 1.807) is 0 Å². The van der Waals surface area contributed by atoms with E-state index in [2.05, 4.69) is 31.2 Å². The number of carbonyl (C=O) groups excluding carboxylic acids is 1. The Hall–Kier alpha value is -1.35. The molecule has 1 aromatic rings. The maximum atomic E-state index is 12.4. The summed E-state index contributed by atoms with van der Waals surface area (Å²) in [5.41, 5.74) is 1.28. The minimum atomic E-state index is -0.676. The zero-order valence-corrected chi connectivity index (χ0v) is 11.1. The second-order valence-corrected chi connectivity index (χ2v) is 6.08. The number of aryl methyl sites for hydroxylation is 1. The van der Waals surface area contributed by atoms with Crippen molar-refractivity contribution >= 4 is 5.97 Å². The van der Waals surface area contributed by atoms with E-state index >= 15 is 0 Å². The summed E-state index contributed by atoms with van der Waals surface area (Å²) in [6.45, 7) is 2.07. The van der Waals surface area contributed by atoms with Crippen LogP contribution >= 0.6 is 0 Å². The highest BCUT2D eigenvalue weighted by Gasteiger charge is 2.78. The maximum Gasteiger partial charge on any atom is 0.342 e. The van der Waals surface area contributed by atoms with Crippen LogP contribution in [0.4, 0.5) is 0 Å². The molecule has 0 radical (unpaired) electrons. The van der Waals surface area contributed by atoms with Crippen molar-refractivity contribution in [2.24, 2.45) is 0 Å². The average molecular weight is 258 g/mol. The lowest BCUT2D eigenvalue weighted by molar-refractivity contribution is -0.151. The first-order chi connectivity index (χ1) is 9.16. The van der Waals surface area contributed by atoms with Gasteiger partial charge in [-0.1, -0.05) is 29.8 Å². The smallest absolute Gasteiger partial charge is 0.342 e. The van der Waals surface area contributed by atoms with Gasteiger partial charge in [-0.2, -0.15) is 0 Å². The number of benzene rings is 1. The second kappa shape index (κ2) is 3.60. The van der Waals surface area contributed by atoms with Gasteiger partial charge in [-0.15, -0.1) is 0 Å². The van der Waals surface area contributed by atoms with E-state index in [4.69, 9.17) is 9.47 Å². The van der Waals surface area contributed by atoms with Crippen molar-refractivity contribution in [3.05, 3.63) is 35.4 Å². The molecule has 4 rings (SSSR count). The van der Waals surface area contributed by atoms with Gasteiger partial charge in [0.1, 0.15) is 11.7 Å². The summed E-state index contributed by atoms with van der Waals surface area (Å²) in [4.78, 5) is 12.4. The van der Waals surface area contributed by atoms with Gasteiger partial charge >= 0.3 is 5.97 Å². The molecule has 0 spiro atoms. The predicted molar refractivity (Wildman–Crippen MR) is 69.6 cm³/mol. The zero-order valence-electron chi connectivity index (χ0n) is 11.1. The third-order valence-electron chi connectivity index (χ3n) is 4.66. The predicted octanol–water partition coefficient (Wildman–Crippen LogP) is 2.85. The van der Waals surface area contributed by atoms with Gasteiger partial charge in [-0.3, -0.25) is 0 Å². The topological polar surface area (TPSA) is 38.8 Å². The summed E-state index contributed by atoms with van der Waals surface area (Å²) in [6.07, 6.45) is 4.94. The van der Waals surface area contributed by atoms with Gasteiger partial charge in [0.25, 0.3) is 0 Å². The Kier molecular flexibility index (Phi) is 2.17. The fourth-order valence-electron chi connectivity index (χ4n) is 3.36. The molecule has 19 heavy (non-hydrogen) atoms. The first-order valence-electron chi connectivity index (χ1n) is 7.15. The molecule has 2 atom stereocenters. The molecule has 1 saturated heterocycles. The Morgan fingerprint density at radius 3 is 2.68 bits per heavy atom. The number of rotatable bonds is 3. The van der Waals surface area contributed by atoms with Gasteiger partial charge < -0.3 is 9.47 Å². The summed E-state index contributed by atoms with van der Waals surface area (Å²) < 4.78 is 11.5. The molecule has 0 bridgehead atoms. The molecule has 2 saturated carbocycles. The number of hydrogen-bond donors (Lipinski definition) is 0. The van der Waals surface area contributed by atoms with Crippen LogP contribution in [-0.2, 0) is 19.9 Å². The summed E-state index contributed by atoms with van der Waals surface area (Å²) >= 11 is 0. The SMILES string of the molecule is Cc1ccc(C23CCCC2(C(=O)OC2CC2)O3)cc1. The molecular weight excluding hydrogens is 240 g/mol. The molecule has 0 amide bonds. The Morgan fingerprint density at radius 1 is 1.26 bits per heavy atom. The first-order valence-corrected chi connectivity index (χ1v) is 7.15. The van der Waals surface area contributed by atoms with Crippen LogP contribution in [0.25, 0.3) is 0 Å². The number of epoxide rings is 1. The van der Waals surface area contributed by atoms with Crippen LogP contribution in [0.1, 0.15) is 43.2 Å². The van der Waals surface area contributed by atoms with E-state index in [0.717, 1.165) is 37.7 Å². The van der Waals surface area contributed by atoms with Crippen LogP contribution < -0.4 is 0 Å². The highest BCUT2D eigenvalue weighted by atomic mass is 16.7. The average Bonchev–Trinajstić information content (AvgIpc) is 3.30. The lowest BCUT2D eigenvalue weighted by Crippen LogP contribution is -2.31. The zero-order chi connectivity index (χ0) is 13.1. The fraction of sp³-hybridized carbons (Fsp3) is 0.562. The molecule has 0 aromatic heterocycles. The van der Waals surface area contributed by atoms with Crippen molar-refractivity contribution in [3.63, 3.8) is 0 Å². The molecule has 2 unspecified atom stereocenters. The summed E-state index contributed by atoms with van der Waals surface area (Å²) in [5.74, 6) is -0.131. The first kappa shape index (κ1) is 11.5. The van der Waals surface area contributed by atoms with Gasteiger partial charge in [0.15, 0.2) is 5.60 Å². The third-order valence-corrected chi connectivity index (χ3v) is 4.66. The number of hydrogen-bond acceptors (Lipinski definition) is 3. The molecule has 1 heterocycles. The molecule has 3 fully saturated rings. The van der Waals surface area contributed by atoms with Crippen LogP contribution in [0.15, 0.2) is 24.3 Å². The van der Waals surface area contributed by atoms with Crippen molar-refractivity contribution in [1.82, 2.24) is 0 Å². The van der Waals surface area contributed by atoms with Gasteiger partial charge in [0, 0.05) is 0 Å². The largest absolute Gasteiger partial charge is 0.460 e. The van der Waals surface area contributed by atoms with E-state index < -0.39 is 11.2 Å². The fourth-order valence-corrected chi connectivity index (χ4v) is 3.36. The van der Waals surface area contributed by atoms with E-state index in [0.29, 0.717) is 0 Å². The number of ether oxygens (including phenoxy) is 2. The second-order valence-electron chi connectivity index (χ2n) is 6.08. The van der Waals surface area contributed by atoms with Crippen molar-refractivity contribution in [3.8, 4) is 0 Å². The molecule has 3 heteroatoms. The van der Waals surface area contributed by atoms with E-state index in [9.17, 15) is 4.79 Å². The molecular formula is C16H18O3. The van der Waals surface area contributed by atoms with Crippen molar-refractivity contribution < 1.29 is 14.3 Å². The van der Waals surface area contributed by atoms with Crippen LogP contribution in [0.2, 0.25) is 0 Å². The van der Waals surface area contributed by atoms with Crippen molar-refractivity contribution in [2.45, 2.75) is 56.3 Å². The van der Waals surface area contributed by atoms with Crippen LogP contribution in [-0.4, -0.2) is 17.7 Å². The molecule has 100 valence electrons. The summed E-state index contributed by atoms with van der Waals surface area (Å²) in [6, 6.07) is 8.35. The molecule has 3 aliphatic rings. The van der Waals surface area contributed by atoms with E-state index in [1.807, 2.05) is 0 Å². The molecule has 3 nitrogen and oxygen atoms in total. The van der Waals surface area contributed by atoms with Crippen LogP contribution in [0.3, 0.4) is 0 Å².